The van der Waals surface area contributed by atoms with Gasteiger partial charge in [-0.1, -0.05) is 40.8 Å². The van der Waals surface area contributed by atoms with Crippen LogP contribution >= 0.6 is 96.7 Å². The van der Waals surface area contributed by atoms with Gasteiger partial charge in [0.2, 0.25) is 0 Å². The van der Waals surface area contributed by atoms with Crippen molar-refractivity contribution in [2.45, 2.75) is 48.0 Å². The third kappa shape index (κ3) is 32.1. The van der Waals surface area contributed by atoms with E-state index in [2.05, 4.69) is 135 Å². The Kier molecular flexibility index (Phi) is 38.2. The Morgan fingerprint density at radius 2 is 0.859 bits per heavy atom. The van der Waals surface area contributed by atoms with Crippen molar-refractivity contribution in [3.63, 3.8) is 0 Å². The fourth-order valence-corrected chi connectivity index (χ4v) is 8.73. The number of piperidine rings is 1. The van der Waals surface area contributed by atoms with Crippen molar-refractivity contribution in [3.05, 3.63) is 123 Å². The van der Waals surface area contributed by atoms with Gasteiger partial charge in [-0.05, 0) is 183 Å². The number of morpholine rings is 1. The van der Waals surface area contributed by atoms with Crippen LogP contribution in [0.1, 0.15) is 47.2 Å². The second kappa shape index (κ2) is 42.6. The highest BCUT2D eigenvalue weighted by Gasteiger charge is 2.12. The first kappa shape index (κ1) is 69.9. The van der Waals surface area contributed by atoms with Gasteiger partial charge in [0.05, 0.1) is 13.2 Å². The van der Waals surface area contributed by atoms with Gasteiger partial charge in [-0.25, -0.2) is 19.9 Å². The van der Waals surface area contributed by atoms with E-state index in [1.165, 1.54) is 32.4 Å². The molecule has 5 aromatic heterocycles. The normalized spacial score (nSPS) is 14.0. The van der Waals surface area contributed by atoms with Crippen molar-refractivity contribution in [1.29, 1.82) is 0 Å². The van der Waals surface area contributed by atoms with E-state index in [0.29, 0.717) is 20.4 Å². The topological polar surface area (TPSA) is 192 Å². The van der Waals surface area contributed by atoms with E-state index in [-0.39, 0.29) is 22.3 Å². The largest absolute Gasteiger partial charge is 0.379 e. The van der Waals surface area contributed by atoms with Crippen LogP contribution in [0.25, 0.3) is 0 Å². The van der Waals surface area contributed by atoms with E-state index in [1.807, 2.05) is 72.8 Å². The summed E-state index contributed by atoms with van der Waals surface area (Å²) in [5.74, 6) is 3.00. The van der Waals surface area contributed by atoms with E-state index < -0.39 is 0 Å². The summed E-state index contributed by atoms with van der Waals surface area (Å²) in [7, 11) is 0. The molecular weight excluding hydrogens is 1260 g/mol. The number of rotatable bonds is 16. The number of ether oxygens (including phenoxy) is 1. The summed E-state index contributed by atoms with van der Waals surface area (Å²) in [6.45, 7) is 16.8. The zero-order valence-corrected chi connectivity index (χ0v) is 49.9. The van der Waals surface area contributed by atoms with Gasteiger partial charge in [-0.2, -0.15) is 0 Å². The minimum atomic E-state index is 0. The molecule has 0 saturated carbocycles. The van der Waals surface area contributed by atoms with Crippen LogP contribution in [-0.2, 0) is 11.2 Å². The molecule has 0 radical (unpaired) electrons. The summed E-state index contributed by atoms with van der Waals surface area (Å²) >= 11 is 30.9. The third-order valence-corrected chi connectivity index (χ3v) is 13.5. The number of pyridine rings is 5. The third-order valence-electron chi connectivity index (χ3n) is 11.1. The van der Waals surface area contributed by atoms with E-state index in [1.54, 1.807) is 31.0 Å². The number of hydrogen-bond donors (Lipinski definition) is 9. The molecule has 25 heteroatoms. The maximum absolute atomic E-state index is 5.30. The fourth-order valence-electron chi connectivity index (χ4n) is 7.20. The molecule has 8 heterocycles. The molecule has 0 aliphatic carbocycles. The van der Waals surface area contributed by atoms with Crippen LogP contribution in [0.2, 0.25) is 0 Å². The molecule has 3 aliphatic rings. The lowest BCUT2D eigenvalue weighted by molar-refractivity contribution is 0.0389. The highest BCUT2D eigenvalue weighted by molar-refractivity contribution is 9.11. The van der Waals surface area contributed by atoms with Crippen molar-refractivity contribution >= 4 is 140 Å². The van der Waals surface area contributed by atoms with Crippen molar-refractivity contribution in [1.82, 2.24) is 66.2 Å². The van der Waals surface area contributed by atoms with Gasteiger partial charge < -0.3 is 57.5 Å². The van der Waals surface area contributed by atoms with Gasteiger partial charge in [0, 0.05) is 142 Å². The Morgan fingerprint density at radius 3 is 1.26 bits per heavy atom. The summed E-state index contributed by atoms with van der Waals surface area (Å²) in [5.41, 5.74) is 1.05. The summed E-state index contributed by atoms with van der Waals surface area (Å²) in [6, 6.07) is 23.0. The molecule has 0 unspecified atom stereocenters. The van der Waals surface area contributed by atoms with Crippen molar-refractivity contribution in [2.24, 2.45) is 0 Å². The van der Waals surface area contributed by atoms with Gasteiger partial charge in [0.15, 0.2) is 20.4 Å². The van der Waals surface area contributed by atoms with Crippen LogP contribution in [0.3, 0.4) is 0 Å². The second-order valence-corrected chi connectivity index (χ2v) is 21.2. The molecule has 0 aromatic carbocycles. The lowest BCUT2D eigenvalue weighted by Crippen LogP contribution is -2.46. The summed E-state index contributed by atoms with van der Waals surface area (Å²) in [4.78, 5) is 28.3. The number of nitrogens with zero attached hydrogens (tertiary/aromatic N) is 8. The number of halogens is 3. The molecule has 0 spiro atoms. The van der Waals surface area contributed by atoms with Gasteiger partial charge in [0.25, 0.3) is 0 Å². The van der Waals surface area contributed by atoms with Crippen molar-refractivity contribution in [3.8, 4) is 0 Å². The van der Waals surface area contributed by atoms with Crippen molar-refractivity contribution in [2.75, 3.05) is 133 Å². The zero-order chi connectivity index (χ0) is 53.1. The van der Waals surface area contributed by atoms with Crippen LogP contribution in [0.4, 0.5) is 23.3 Å². The molecular formula is C53H80Br3N17OS4. The molecule has 3 fully saturated rings. The molecule has 3 saturated heterocycles. The minimum Gasteiger partial charge on any atom is -0.379 e. The van der Waals surface area contributed by atoms with Crippen LogP contribution in [0, 0.1) is 0 Å². The maximum Gasteiger partial charge on any atom is 0.171 e. The number of thiocarbonyl (C=S) groups is 4. The zero-order valence-electron chi connectivity index (χ0n) is 41.9. The van der Waals surface area contributed by atoms with Gasteiger partial charge in [-0.3, -0.25) is 14.8 Å². The second-order valence-electron chi connectivity index (χ2n) is 16.8. The van der Waals surface area contributed by atoms with Crippen LogP contribution < -0.4 is 47.9 Å². The Labute approximate surface area is 510 Å². The first-order chi connectivity index (χ1) is 36.6. The van der Waals surface area contributed by atoms with E-state index >= 15 is 0 Å². The highest BCUT2D eigenvalue weighted by atomic mass is 79.9. The molecule has 78 heavy (non-hydrogen) atoms. The molecule has 18 nitrogen and oxygen atoms in total. The van der Waals surface area contributed by atoms with Gasteiger partial charge in [0.1, 0.15) is 23.3 Å². The van der Waals surface area contributed by atoms with Crippen molar-refractivity contribution < 1.29 is 4.74 Å². The van der Waals surface area contributed by atoms with E-state index in [0.717, 1.165) is 147 Å². The first-order valence-electron chi connectivity index (χ1n) is 24.9. The number of aromatic nitrogens is 5. The smallest absolute Gasteiger partial charge is 0.171 e. The SMILES string of the molecule is C.C.C.S=C(NCCN1CCCCC1)Nc1ccc(Br)cn1.S=C(NCCN1CCNCC1)Nc1ccc(Br)cn1.S=C(NCCN1CCOCC1)Nc1ccc(Br)cn1.S=C(NCCc1ccccn1)Nc1ccccn1. The summed E-state index contributed by atoms with van der Waals surface area (Å²) in [5, 5.41) is 30.7. The minimum absolute atomic E-state index is 0. The molecule has 8 rings (SSSR count). The first-order valence-corrected chi connectivity index (χ1v) is 28.9. The number of anilines is 4. The number of hydrogen-bond acceptors (Lipinski definition) is 14. The molecule has 0 amide bonds. The fraction of sp³-hybridized carbons (Fsp3) is 0.453. The van der Waals surface area contributed by atoms with Gasteiger partial charge >= 0.3 is 0 Å². The average molecular weight is 1340 g/mol. The summed E-state index contributed by atoms with van der Waals surface area (Å²) in [6.07, 6.45) is 13.6. The predicted molar refractivity (Wildman–Crippen MR) is 352 cm³/mol. The Balaban J connectivity index is 0.000000351. The standard InChI is InChI=1S/C13H19BrN4S.C13H14N4S.C12H18BrN5S.C12H17BrN4OS.3CH4/c14-11-4-5-12(16-10-11)17-13(19)15-6-9-18-7-2-1-3-8-18;18-13(17-12-6-2-4-9-15-12)16-10-7-11-5-1-3-8-14-11;13-10-1-2-11(16-9-10)17-12(19)15-5-8-18-6-3-14-4-7-18;13-10-1-2-11(15-9-10)16-12(19)14-3-4-17-5-7-18-8-6-17;;;/h4-5,10H,1-3,6-9H2,(H2,15,16,17,19);1-6,8-9H,7,10H2,(H2,15,16,17,18);1-2,9,14H,3-8H2,(H2,15,16,17,19);1-2,9H,3-8H2,(H2,14,15,16,19);3*1H4. The lowest BCUT2D eigenvalue weighted by atomic mass is 10.1. The van der Waals surface area contributed by atoms with Crippen LogP contribution in [0.5, 0.6) is 0 Å². The number of nitrogens with one attached hydrogen (secondary N) is 9. The highest BCUT2D eigenvalue weighted by Crippen LogP contribution is 2.13. The summed E-state index contributed by atoms with van der Waals surface area (Å²) < 4.78 is 8.17. The van der Waals surface area contributed by atoms with Crippen LogP contribution in [0.15, 0.2) is 117 Å². The molecule has 3 aliphatic heterocycles. The molecule has 428 valence electrons. The molecule has 5 aromatic rings. The number of piperazine rings is 1. The maximum atomic E-state index is 5.30. The van der Waals surface area contributed by atoms with Crippen LogP contribution in [-0.4, -0.2) is 171 Å². The molecule has 0 atom stereocenters. The predicted octanol–water partition coefficient (Wildman–Crippen LogP) is 9.03. The monoisotopic (exact) mass is 1340 g/mol. The average Bonchev–Trinajstić information content (AvgIpc) is 3.43. The Morgan fingerprint density at radius 1 is 0.462 bits per heavy atom. The quantitative estimate of drug-likeness (QED) is 0.0425. The molecule has 0 bridgehead atoms. The van der Waals surface area contributed by atoms with Gasteiger partial charge in [-0.15, -0.1) is 0 Å². The van der Waals surface area contributed by atoms with E-state index in [4.69, 9.17) is 53.6 Å². The Bertz CT molecular complexity index is 2190. The van der Waals surface area contributed by atoms with E-state index in [9.17, 15) is 0 Å². The molecule has 9 N–H and O–H groups in total. The Hall–Kier alpha value is -4.25. The number of likely N-dealkylation sites (tertiary alicyclic amines) is 1. The lowest BCUT2D eigenvalue weighted by Gasteiger charge is -2.27.